The summed E-state index contributed by atoms with van der Waals surface area (Å²) in [5.41, 5.74) is 2.74. The number of benzene rings is 1. The average molecular weight is 323 g/mol. The van der Waals surface area contributed by atoms with E-state index in [1.165, 1.54) is 0 Å². The third-order valence-corrected chi connectivity index (χ3v) is 4.72. The topological polar surface area (TPSA) is 79.8 Å². The van der Waals surface area contributed by atoms with E-state index < -0.39 is 10.0 Å². The van der Waals surface area contributed by atoms with Gasteiger partial charge in [-0.2, -0.15) is 0 Å². The molecule has 0 fully saturated rings. The lowest BCUT2D eigenvalue weighted by atomic mass is 9.81. The summed E-state index contributed by atoms with van der Waals surface area (Å²) in [5, 5.41) is 3.34. The van der Waals surface area contributed by atoms with Crippen molar-refractivity contribution in [2.45, 2.75) is 25.2 Å². The number of sulfonamides is 1. The number of aliphatic imine (C=N–C) groups is 1. The molecular formula is C15H21N3O3S. The van der Waals surface area contributed by atoms with E-state index in [4.69, 9.17) is 4.74 Å². The molecule has 0 bridgehead atoms. The Hall–Kier alpha value is -1.76. The minimum absolute atomic E-state index is 0.220. The number of nitrogens with one attached hydrogen (secondary N) is 2. The summed E-state index contributed by atoms with van der Waals surface area (Å²) < 4.78 is 31.4. The molecule has 2 N–H and O–H groups in total. The fourth-order valence-electron chi connectivity index (χ4n) is 3.28. The molecule has 0 spiro atoms. The van der Waals surface area contributed by atoms with Gasteiger partial charge < -0.3 is 10.1 Å². The Labute approximate surface area is 131 Å². The molecule has 0 saturated heterocycles. The SMILES string of the molecule is COc1ccc2c(c1NS(C)(=O)=O)CCCC2C1=NCCN1. The van der Waals surface area contributed by atoms with Crippen LogP contribution < -0.4 is 14.8 Å². The minimum Gasteiger partial charge on any atom is -0.495 e. The highest BCUT2D eigenvalue weighted by Crippen LogP contribution is 2.41. The molecule has 1 atom stereocenters. The van der Waals surface area contributed by atoms with Crippen molar-refractivity contribution in [1.82, 2.24) is 5.32 Å². The Morgan fingerprint density at radius 1 is 1.41 bits per heavy atom. The van der Waals surface area contributed by atoms with Crippen molar-refractivity contribution in [3.63, 3.8) is 0 Å². The number of nitrogens with zero attached hydrogens (tertiary/aromatic N) is 1. The molecule has 0 saturated carbocycles. The summed E-state index contributed by atoms with van der Waals surface area (Å²) in [4.78, 5) is 4.54. The van der Waals surface area contributed by atoms with Crippen LogP contribution >= 0.6 is 0 Å². The molecule has 3 rings (SSSR count). The number of hydrogen-bond donors (Lipinski definition) is 2. The van der Waals surface area contributed by atoms with Gasteiger partial charge in [0.2, 0.25) is 10.0 Å². The molecule has 2 aliphatic rings. The first kappa shape index (κ1) is 15.1. The van der Waals surface area contributed by atoms with Gasteiger partial charge in [-0.1, -0.05) is 6.07 Å². The zero-order valence-electron chi connectivity index (χ0n) is 12.8. The van der Waals surface area contributed by atoms with Crippen LogP contribution in [-0.2, 0) is 16.4 Å². The number of fused-ring (bicyclic) bond motifs is 1. The molecule has 22 heavy (non-hydrogen) atoms. The van der Waals surface area contributed by atoms with Gasteiger partial charge in [-0.25, -0.2) is 8.42 Å². The summed E-state index contributed by atoms with van der Waals surface area (Å²) in [5.74, 6) is 1.81. The third kappa shape index (κ3) is 2.90. The molecule has 1 aliphatic heterocycles. The molecule has 6 nitrogen and oxygen atoms in total. The number of anilines is 1. The second-order valence-corrected chi connectivity index (χ2v) is 7.47. The summed E-state index contributed by atoms with van der Waals surface area (Å²) in [6.07, 6.45) is 4.04. The van der Waals surface area contributed by atoms with E-state index in [2.05, 4.69) is 15.0 Å². The zero-order chi connectivity index (χ0) is 15.7. The van der Waals surface area contributed by atoms with E-state index in [0.29, 0.717) is 11.4 Å². The molecule has 120 valence electrons. The lowest BCUT2D eigenvalue weighted by Crippen LogP contribution is -2.28. The summed E-state index contributed by atoms with van der Waals surface area (Å²) in [6.45, 7) is 1.69. The quantitative estimate of drug-likeness (QED) is 0.880. The minimum atomic E-state index is -3.36. The molecule has 0 aromatic heterocycles. The predicted molar refractivity (Wildman–Crippen MR) is 87.4 cm³/mol. The fraction of sp³-hybridized carbons (Fsp3) is 0.533. The van der Waals surface area contributed by atoms with Crippen molar-refractivity contribution in [3.05, 3.63) is 23.3 Å². The standard InChI is InChI=1S/C15H21N3O3S/c1-21-13-7-6-10-11(14(13)18-22(2,19)20)4-3-5-12(10)15-16-8-9-17-15/h6-7,12,18H,3-5,8-9H2,1-2H3,(H,16,17). The van der Waals surface area contributed by atoms with E-state index in [1.54, 1.807) is 7.11 Å². The van der Waals surface area contributed by atoms with Gasteiger partial charge in [-0.15, -0.1) is 0 Å². The lowest BCUT2D eigenvalue weighted by molar-refractivity contribution is 0.415. The van der Waals surface area contributed by atoms with Crippen LogP contribution in [0.5, 0.6) is 5.75 Å². The van der Waals surface area contributed by atoms with Crippen molar-refractivity contribution in [2.24, 2.45) is 4.99 Å². The Kier molecular flexibility index (Phi) is 3.99. The van der Waals surface area contributed by atoms with Crippen molar-refractivity contribution < 1.29 is 13.2 Å². The lowest BCUT2D eigenvalue weighted by Gasteiger charge is -2.28. The van der Waals surface area contributed by atoms with Crippen molar-refractivity contribution in [1.29, 1.82) is 0 Å². The van der Waals surface area contributed by atoms with Crippen LogP contribution in [0.25, 0.3) is 0 Å². The van der Waals surface area contributed by atoms with E-state index >= 15 is 0 Å². The number of hydrogen-bond acceptors (Lipinski definition) is 5. The van der Waals surface area contributed by atoms with Crippen molar-refractivity contribution >= 4 is 21.5 Å². The predicted octanol–water partition coefficient (Wildman–Crippen LogP) is 1.49. The van der Waals surface area contributed by atoms with Gasteiger partial charge in [0.15, 0.2) is 0 Å². The molecule has 1 aromatic rings. The highest BCUT2D eigenvalue weighted by atomic mass is 32.2. The molecule has 7 heteroatoms. The van der Waals surface area contributed by atoms with Crippen LogP contribution in [0.3, 0.4) is 0 Å². The number of rotatable bonds is 4. The highest BCUT2D eigenvalue weighted by Gasteiger charge is 2.29. The van der Waals surface area contributed by atoms with Crippen LogP contribution in [0, 0.1) is 0 Å². The Bertz CT molecular complexity index is 713. The molecule has 1 unspecified atom stereocenters. The van der Waals surface area contributed by atoms with Crippen LogP contribution in [0.1, 0.15) is 29.9 Å². The Morgan fingerprint density at radius 3 is 2.86 bits per heavy atom. The Balaban J connectivity index is 2.08. The summed E-state index contributed by atoms with van der Waals surface area (Å²) in [6, 6.07) is 3.87. The van der Waals surface area contributed by atoms with Crippen molar-refractivity contribution in [3.8, 4) is 5.75 Å². The highest BCUT2D eigenvalue weighted by molar-refractivity contribution is 7.92. The third-order valence-electron chi connectivity index (χ3n) is 4.14. The summed E-state index contributed by atoms with van der Waals surface area (Å²) >= 11 is 0. The van der Waals surface area contributed by atoms with Gasteiger partial charge >= 0.3 is 0 Å². The second-order valence-electron chi connectivity index (χ2n) is 5.72. The van der Waals surface area contributed by atoms with E-state index in [1.807, 2.05) is 12.1 Å². The van der Waals surface area contributed by atoms with Gasteiger partial charge in [-0.05, 0) is 36.5 Å². The number of ether oxygens (including phenoxy) is 1. The molecule has 0 radical (unpaired) electrons. The first-order chi connectivity index (χ1) is 10.5. The van der Waals surface area contributed by atoms with Crippen LogP contribution in [-0.4, -0.2) is 40.7 Å². The average Bonchev–Trinajstić information content (AvgIpc) is 2.99. The Morgan fingerprint density at radius 2 is 2.23 bits per heavy atom. The van der Waals surface area contributed by atoms with Crippen molar-refractivity contribution in [2.75, 3.05) is 31.2 Å². The monoisotopic (exact) mass is 323 g/mol. The maximum absolute atomic E-state index is 11.7. The van der Waals surface area contributed by atoms with Gasteiger partial charge in [0.1, 0.15) is 11.6 Å². The van der Waals surface area contributed by atoms with E-state index in [0.717, 1.165) is 55.6 Å². The normalized spacial score (nSPS) is 20.8. The van der Waals surface area contributed by atoms with E-state index in [9.17, 15) is 8.42 Å². The number of amidine groups is 1. The fourth-order valence-corrected chi connectivity index (χ4v) is 3.87. The molecule has 0 amide bonds. The maximum atomic E-state index is 11.7. The van der Waals surface area contributed by atoms with Gasteiger partial charge in [0.25, 0.3) is 0 Å². The largest absolute Gasteiger partial charge is 0.495 e. The molecule has 1 aliphatic carbocycles. The van der Waals surface area contributed by atoms with Gasteiger partial charge in [0, 0.05) is 12.5 Å². The smallest absolute Gasteiger partial charge is 0.229 e. The van der Waals surface area contributed by atoms with Crippen LogP contribution in [0.2, 0.25) is 0 Å². The maximum Gasteiger partial charge on any atom is 0.229 e. The summed E-state index contributed by atoms with van der Waals surface area (Å²) in [7, 11) is -1.80. The first-order valence-electron chi connectivity index (χ1n) is 7.45. The first-order valence-corrected chi connectivity index (χ1v) is 9.34. The number of methoxy groups -OCH3 is 1. The van der Waals surface area contributed by atoms with Gasteiger partial charge in [-0.3, -0.25) is 9.71 Å². The molecular weight excluding hydrogens is 302 g/mol. The van der Waals surface area contributed by atoms with E-state index in [-0.39, 0.29) is 5.92 Å². The second kappa shape index (κ2) is 5.79. The van der Waals surface area contributed by atoms with Crippen LogP contribution in [0.4, 0.5) is 5.69 Å². The molecule has 1 aromatic carbocycles. The van der Waals surface area contributed by atoms with Crippen LogP contribution in [0.15, 0.2) is 17.1 Å². The molecule has 1 heterocycles. The zero-order valence-corrected chi connectivity index (χ0v) is 13.7. The van der Waals surface area contributed by atoms with Gasteiger partial charge in [0.05, 0.1) is 25.6 Å².